The predicted molar refractivity (Wildman–Crippen MR) is 101 cm³/mol. The zero-order chi connectivity index (χ0) is 20.4. The molecular weight excluding hydrogens is 383 g/mol. The Balaban J connectivity index is 1.58. The van der Waals surface area contributed by atoms with Crippen LogP contribution in [0.5, 0.6) is 0 Å². The van der Waals surface area contributed by atoms with E-state index < -0.39 is 18.0 Å². The minimum absolute atomic E-state index is 0.0512. The van der Waals surface area contributed by atoms with Crippen LogP contribution in [0, 0.1) is 5.92 Å². The number of ether oxygens (including phenoxy) is 1. The fourth-order valence-corrected chi connectivity index (χ4v) is 3.15. The van der Waals surface area contributed by atoms with Crippen LogP contribution in [-0.2, 0) is 15.7 Å². The molecule has 2 aromatic carbocycles. The van der Waals surface area contributed by atoms with E-state index in [9.17, 15) is 18.0 Å². The van der Waals surface area contributed by atoms with Crippen LogP contribution >= 0.6 is 0 Å². The summed E-state index contributed by atoms with van der Waals surface area (Å²) in [4.78, 5) is 18.3. The van der Waals surface area contributed by atoms with E-state index >= 15 is 0 Å². The van der Waals surface area contributed by atoms with Crippen molar-refractivity contribution in [3.63, 3.8) is 0 Å². The van der Waals surface area contributed by atoms with Crippen molar-refractivity contribution in [2.75, 3.05) is 13.2 Å². The summed E-state index contributed by atoms with van der Waals surface area (Å²) < 4.78 is 44.3. The maximum atomic E-state index is 12.9. The van der Waals surface area contributed by atoms with Crippen molar-refractivity contribution in [1.82, 2.24) is 15.3 Å². The molecule has 0 aliphatic heterocycles. The van der Waals surface area contributed by atoms with E-state index in [1.807, 2.05) is 30.3 Å². The van der Waals surface area contributed by atoms with Crippen LogP contribution in [0.15, 0.2) is 48.5 Å². The number of nitrogens with zero attached hydrogens (tertiary/aromatic N) is 1. The fraction of sp³-hybridized carbons (Fsp3) is 0.333. The number of fused-ring (bicyclic) bond motifs is 1. The minimum atomic E-state index is -4.55. The summed E-state index contributed by atoms with van der Waals surface area (Å²) in [5.41, 5.74) is 1.94. The molecule has 1 aliphatic rings. The predicted octanol–water partition coefficient (Wildman–Crippen LogP) is 4.21. The first kappa shape index (κ1) is 19.4. The summed E-state index contributed by atoms with van der Waals surface area (Å²) in [5, 5.41) is 2.93. The second-order valence-electron chi connectivity index (χ2n) is 7.23. The molecule has 0 radical (unpaired) electrons. The molecule has 2 N–H and O–H groups in total. The van der Waals surface area contributed by atoms with E-state index in [2.05, 4.69) is 15.3 Å². The number of carbonyl (C=O) groups is 1. The van der Waals surface area contributed by atoms with Crippen LogP contribution < -0.4 is 5.32 Å². The van der Waals surface area contributed by atoms with Crippen LogP contribution in [0.4, 0.5) is 13.2 Å². The van der Waals surface area contributed by atoms with Crippen LogP contribution in [0.3, 0.4) is 0 Å². The van der Waals surface area contributed by atoms with Gasteiger partial charge < -0.3 is 15.0 Å². The highest BCUT2D eigenvalue weighted by molar-refractivity contribution is 5.79. The Labute approximate surface area is 165 Å². The zero-order valence-corrected chi connectivity index (χ0v) is 15.5. The van der Waals surface area contributed by atoms with Crippen LogP contribution in [0.2, 0.25) is 0 Å². The highest BCUT2D eigenvalue weighted by Crippen LogP contribution is 2.31. The van der Waals surface area contributed by atoms with Crippen molar-refractivity contribution >= 4 is 16.9 Å². The standard InChI is InChI=1S/C21H20F3N3O2/c22-21(23,24)20-25-16-9-8-15(10-17(16)26-20)19(14-4-2-1-3-5-14)27-18(28)12-29-11-13-6-7-13/h1-5,8-10,13,19H,6-7,11-12H2,(H,25,26)(H,27,28)/t19-/m1/s1. The Morgan fingerprint density at radius 2 is 1.93 bits per heavy atom. The molecule has 1 fully saturated rings. The summed E-state index contributed by atoms with van der Waals surface area (Å²) in [5.74, 6) is -0.767. The summed E-state index contributed by atoms with van der Waals surface area (Å²) in [6, 6.07) is 13.5. The van der Waals surface area contributed by atoms with Gasteiger partial charge in [0.25, 0.3) is 0 Å². The van der Waals surface area contributed by atoms with Gasteiger partial charge >= 0.3 is 6.18 Å². The average Bonchev–Trinajstić information content (AvgIpc) is 3.41. The molecule has 0 saturated heterocycles. The van der Waals surface area contributed by atoms with Gasteiger partial charge in [-0.15, -0.1) is 0 Å². The summed E-state index contributed by atoms with van der Waals surface area (Å²) in [6.07, 6.45) is -2.28. The molecule has 1 saturated carbocycles. The molecule has 1 atom stereocenters. The summed E-state index contributed by atoms with van der Waals surface area (Å²) >= 11 is 0. The normalized spacial score (nSPS) is 15.4. The van der Waals surface area contributed by atoms with Crippen LogP contribution in [0.1, 0.15) is 35.8 Å². The Bertz CT molecular complexity index is 997. The third-order valence-electron chi connectivity index (χ3n) is 4.83. The smallest absolute Gasteiger partial charge is 0.371 e. The van der Waals surface area contributed by atoms with Crippen LogP contribution in [-0.4, -0.2) is 29.1 Å². The molecule has 1 amide bonds. The number of hydrogen-bond donors (Lipinski definition) is 2. The van der Waals surface area contributed by atoms with Gasteiger partial charge in [-0.1, -0.05) is 36.4 Å². The first-order valence-corrected chi connectivity index (χ1v) is 9.39. The van der Waals surface area contributed by atoms with Gasteiger partial charge in [0.2, 0.25) is 11.7 Å². The molecule has 152 valence electrons. The molecule has 8 heteroatoms. The van der Waals surface area contributed by atoms with Crippen molar-refractivity contribution in [1.29, 1.82) is 0 Å². The van der Waals surface area contributed by atoms with Gasteiger partial charge in [0.1, 0.15) is 6.61 Å². The van der Waals surface area contributed by atoms with Crippen molar-refractivity contribution in [2.45, 2.75) is 25.1 Å². The van der Waals surface area contributed by atoms with Crippen molar-refractivity contribution in [3.05, 3.63) is 65.5 Å². The van der Waals surface area contributed by atoms with Crippen molar-refractivity contribution < 1.29 is 22.7 Å². The molecule has 1 heterocycles. The lowest BCUT2D eigenvalue weighted by molar-refractivity contribution is -0.144. The molecule has 1 aliphatic carbocycles. The minimum Gasteiger partial charge on any atom is -0.371 e. The molecule has 0 spiro atoms. The lowest BCUT2D eigenvalue weighted by atomic mass is 9.98. The van der Waals surface area contributed by atoms with Crippen LogP contribution in [0.25, 0.3) is 11.0 Å². The topological polar surface area (TPSA) is 67.0 Å². The molecule has 0 unspecified atom stereocenters. The molecule has 29 heavy (non-hydrogen) atoms. The van der Waals surface area contributed by atoms with Gasteiger partial charge in [0, 0.05) is 0 Å². The van der Waals surface area contributed by atoms with Gasteiger partial charge in [0.05, 0.1) is 23.7 Å². The number of nitrogens with one attached hydrogen (secondary N) is 2. The van der Waals surface area contributed by atoms with E-state index in [0.717, 1.165) is 18.4 Å². The summed E-state index contributed by atoms with van der Waals surface area (Å²) in [6.45, 7) is 0.522. The van der Waals surface area contributed by atoms with E-state index in [-0.39, 0.29) is 23.5 Å². The monoisotopic (exact) mass is 403 g/mol. The second kappa shape index (κ2) is 7.87. The number of amides is 1. The summed E-state index contributed by atoms with van der Waals surface area (Å²) in [7, 11) is 0. The SMILES string of the molecule is O=C(COCC1CC1)N[C@H](c1ccccc1)c1ccc2nc(C(F)(F)F)[nH]c2c1. The first-order valence-electron chi connectivity index (χ1n) is 9.39. The van der Waals surface area contributed by atoms with Gasteiger partial charge in [-0.25, -0.2) is 4.98 Å². The molecule has 0 bridgehead atoms. The first-order chi connectivity index (χ1) is 13.9. The quantitative estimate of drug-likeness (QED) is 0.621. The van der Waals surface area contributed by atoms with Gasteiger partial charge in [-0.3, -0.25) is 4.79 Å². The number of aromatic amines is 1. The highest BCUT2D eigenvalue weighted by Gasteiger charge is 2.34. The molecule has 5 nitrogen and oxygen atoms in total. The van der Waals surface area contributed by atoms with E-state index in [1.54, 1.807) is 12.1 Å². The number of rotatable bonds is 7. The Morgan fingerprint density at radius 1 is 1.17 bits per heavy atom. The maximum Gasteiger partial charge on any atom is 0.449 e. The highest BCUT2D eigenvalue weighted by atomic mass is 19.4. The van der Waals surface area contributed by atoms with Gasteiger partial charge in [-0.05, 0) is 42.0 Å². The number of hydrogen-bond acceptors (Lipinski definition) is 3. The Kier molecular flexibility index (Phi) is 5.27. The molecular formula is C21H20F3N3O2. The average molecular weight is 403 g/mol. The number of benzene rings is 2. The van der Waals surface area contributed by atoms with Crippen molar-refractivity contribution in [2.24, 2.45) is 5.92 Å². The fourth-order valence-electron chi connectivity index (χ4n) is 3.15. The third kappa shape index (κ3) is 4.76. The van der Waals surface area contributed by atoms with E-state index in [1.165, 1.54) is 6.07 Å². The van der Waals surface area contributed by atoms with Crippen molar-refractivity contribution in [3.8, 4) is 0 Å². The van der Waals surface area contributed by atoms with E-state index in [0.29, 0.717) is 18.1 Å². The number of H-pyrrole nitrogens is 1. The number of halogens is 3. The Morgan fingerprint density at radius 3 is 2.62 bits per heavy atom. The van der Waals surface area contributed by atoms with Gasteiger partial charge in [-0.2, -0.15) is 13.2 Å². The lowest BCUT2D eigenvalue weighted by Crippen LogP contribution is -2.32. The number of carbonyl (C=O) groups excluding carboxylic acids is 1. The second-order valence-corrected chi connectivity index (χ2v) is 7.23. The molecule has 4 rings (SSSR count). The van der Waals surface area contributed by atoms with Gasteiger partial charge in [0.15, 0.2) is 0 Å². The zero-order valence-electron chi connectivity index (χ0n) is 15.5. The van der Waals surface area contributed by atoms with E-state index in [4.69, 9.17) is 4.74 Å². The number of imidazole rings is 1. The Hall–Kier alpha value is -2.87. The molecule has 3 aromatic rings. The third-order valence-corrected chi connectivity index (χ3v) is 4.83. The lowest BCUT2D eigenvalue weighted by Gasteiger charge is -2.20. The number of aromatic nitrogens is 2. The number of alkyl halides is 3. The molecule has 1 aromatic heterocycles. The maximum absolute atomic E-state index is 12.9. The largest absolute Gasteiger partial charge is 0.449 e.